The second-order valence-corrected chi connectivity index (χ2v) is 5.10. The predicted molar refractivity (Wildman–Crippen MR) is 72.0 cm³/mol. The summed E-state index contributed by atoms with van der Waals surface area (Å²) in [6.45, 7) is 4.41. The number of pyridine rings is 1. The molecule has 0 aliphatic rings. The second-order valence-electron chi connectivity index (χ2n) is 3.90. The molecule has 19 heavy (non-hydrogen) atoms. The summed E-state index contributed by atoms with van der Waals surface area (Å²) in [5.74, 6) is 0. The fraction of sp³-hybridized carbons (Fsp3) is 0.333. The molecule has 2 heterocycles. The minimum absolute atomic E-state index is 0. The molecule has 1 N–H and O–H groups in total. The van der Waals surface area contributed by atoms with Crippen molar-refractivity contribution in [2.24, 2.45) is 0 Å². The molecule has 0 fully saturated rings. The topological polar surface area (TPSA) is 65.3 Å². The van der Waals surface area contributed by atoms with Gasteiger partial charge in [0.25, 0.3) is 0 Å². The monoisotopic (exact) mass is 303 g/mol. The zero-order chi connectivity index (χ0) is 13.1. The van der Waals surface area contributed by atoms with E-state index in [0.717, 1.165) is 32.0 Å². The van der Waals surface area contributed by atoms with E-state index in [1.165, 1.54) is 0 Å². The number of nitrogens with zero attached hydrogens (tertiary/aromatic N) is 2. The van der Waals surface area contributed by atoms with Gasteiger partial charge in [0.05, 0.1) is 6.61 Å². The molecule has 0 aliphatic carbocycles. The molecule has 0 aromatic carbocycles. The largest absolute Gasteiger partial charge is 1.00 e. The first-order chi connectivity index (χ1) is 8.67. The van der Waals surface area contributed by atoms with E-state index < -0.39 is 0 Å². The number of thiophene rings is 1. The van der Waals surface area contributed by atoms with E-state index in [9.17, 15) is 4.79 Å². The SMILES string of the molecule is COCc1cc(C)nc2sc(C)c([N-]NC=O)c12.[K+]. The Bertz CT molecular complexity index is 586. The first-order valence-electron chi connectivity index (χ1n) is 5.45. The van der Waals surface area contributed by atoms with Crippen molar-refractivity contribution in [1.29, 1.82) is 0 Å². The first kappa shape index (κ1) is 17.0. The van der Waals surface area contributed by atoms with Gasteiger partial charge < -0.3 is 15.6 Å². The van der Waals surface area contributed by atoms with Crippen molar-refractivity contribution < 1.29 is 60.9 Å². The van der Waals surface area contributed by atoms with Gasteiger partial charge in [-0.05, 0) is 30.4 Å². The van der Waals surface area contributed by atoms with Crippen LogP contribution in [-0.4, -0.2) is 18.5 Å². The standard InChI is InChI=1S/C12H14N3O2S.K/c1-7-4-9(5-17-3)10-11(15-13-6-16)8(2)18-12(10)14-7;/h4,6H,5H2,1-3H3,(H,13,16);/q-1;+1. The summed E-state index contributed by atoms with van der Waals surface area (Å²) in [5.41, 5.74) is 9.18. The van der Waals surface area contributed by atoms with Crippen LogP contribution in [0, 0.1) is 13.8 Å². The Morgan fingerprint density at radius 1 is 1.53 bits per heavy atom. The van der Waals surface area contributed by atoms with Gasteiger partial charge in [-0.3, -0.25) is 4.79 Å². The summed E-state index contributed by atoms with van der Waals surface area (Å²) >= 11 is 1.57. The van der Waals surface area contributed by atoms with Crippen molar-refractivity contribution in [1.82, 2.24) is 10.4 Å². The Balaban J connectivity index is 0.00000180. The molecule has 2 aromatic heterocycles. The third-order valence-corrected chi connectivity index (χ3v) is 3.53. The van der Waals surface area contributed by atoms with Crippen LogP contribution in [0.1, 0.15) is 16.1 Å². The molecule has 0 radical (unpaired) electrons. The molecule has 1 amide bonds. The Morgan fingerprint density at radius 2 is 2.26 bits per heavy atom. The molecule has 0 saturated heterocycles. The number of amides is 1. The predicted octanol–water partition coefficient (Wildman–Crippen LogP) is -0.270. The normalized spacial score (nSPS) is 10.1. The molecule has 0 bridgehead atoms. The van der Waals surface area contributed by atoms with Crippen LogP contribution in [0.4, 0.5) is 5.69 Å². The Morgan fingerprint density at radius 3 is 2.89 bits per heavy atom. The van der Waals surface area contributed by atoms with E-state index in [-0.39, 0.29) is 51.4 Å². The summed E-state index contributed by atoms with van der Waals surface area (Å²) in [7, 11) is 1.65. The maximum absolute atomic E-state index is 10.4. The number of nitrogens with one attached hydrogen (secondary N) is 1. The quantitative estimate of drug-likeness (QED) is 0.470. The van der Waals surface area contributed by atoms with E-state index in [1.807, 2.05) is 19.9 Å². The molecule has 5 nitrogen and oxygen atoms in total. The third-order valence-electron chi connectivity index (χ3n) is 2.54. The summed E-state index contributed by atoms with van der Waals surface area (Å²) < 4.78 is 5.20. The average molecular weight is 303 g/mol. The first-order valence-corrected chi connectivity index (χ1v) is 6.27. The molecule has 2 rings (SSSR count). The fourth-order valence-electron chi connectivity index (χ4n) is 1.90. The number of carbonyl (C=O) groups is 1. The van der Waals surface area contributed by atoms with Gasteiger partial charge in [-0.25, -0.2) is 4.98 Å². The number of aryl methyl sites for hydroxylation is 2. The van der Waals surface area contributed by atoms with Gasteiger partial charge in [0.15, 0.2) is 6.41 Å². The summed E-state index contributed by atoms with van der Waals surface area (Å²) in [5, 5.41) is 0.958. The van der Waals surface area contributed by atoms with Crippen LogP contribution in [0.15, 0.2) is 6.07 Å². The molecule has 0 unspecified atom stereocenters. The van der Waals surface area contributed by atoms with E-state index in [4.69, 9.17) is 4.74 Å². The van der Waals surface area contributed by atoms with Crippen molar-refractivity contribution >= 4 is 33.7 Å². The zero-order valence-corrected chi connectivity index (χ0v) is 15.4. The Labute approximate surface area is 158 Å². The number of rotatable bonds is 5. The van der Waals surface area contributed by atoms with E-state index in [0.29, 0.717) is 13.0 Å². The summed E-state index contributed by atoms with van der Waals surface area (Å²) in [4.78, 5) is 16.8. The third kappa shape index (κ3) is 3.75. The maximum atomic E-state index is 10.4. The number of methoxy groups -OCH3 is 1. The maximum Gasteiger partial charge on any atom is 1.00 e. The summed E-state index contributed by atoms with van der Waals surface area (Å²) in [6, 6.07) is 1.98. The fourth-order valence-corrected chi connectivity index (χ4v) is 2.96. The number of ether oxygens (including phenoxy) is 1. The average Bonchev–Trinajstić information content (AvgIpc) is 2.62. The van der Waals surface area contributed by atoms with Crippen LogP contribution >= 0.6 is 11.3 Å². The van der Waals surface area contributed by atoms with Gasteiger partial charge in [-0.1, -0.05) is 0 Å². The van der Waals surface area contributed by atoms with E-state index >= 15 is 0 Å². The smallest absolute Gasteiger partial charge is 0.594 e. The molecule has 0 atom stereocenters. The van der Waals surface area contributed by atoms with Gasteiger partial charge >= 0.3 is 51.4 Å². The summed E-state index contributed by atoms with van der Waals surface area (Å²) in [6.07, 6.45) is 0.556. The van der Waals surface area contributed by atoms with Crippen molar-refractivity contribution in [2.45, 2.75) is 20.5 Å². The molecular weight excluding hydrogens is 289 g/mol. The number of carbonyl (C=O) groups excluding carboxylic acids is 1. The van der Waals surface area contributed by atoms with Crippen molar-refractivity contribution in [2.75, 3.05) is 7.11 Å². The molecule has 2 aromatic rings. The van der Waals surface area contributed by atoms with Crippen LogP contribution in [0.3, 0.4) is 0 Å². The van der Waals surface area contributed by atoms with Crippen LogP contribution in [0.5, 0.6) is 0 Å². The van der Waals surface area contributed by atoms with Gasteiger partial charge in [0.1, 0.15) is 4.83 Å². The minimum atomic E-state index is 0. The van der Waals surface area contributed by atoms with Crippen molar-refractivity contribution in [3.8, 4) is 0 Å². The van der Waals surface area contributed by atoms with E-state index in [1.54, 1.807) is 18.4 Å². The number of hydrogen-bond acceptors (Lipinski definition) is 4. The van der Waals surface area contributed by atoms with Gasteiger partial charge in [0, 0.05) is 18.2 Å². The van der Waals surface area contributed by atoms with Gasteiger partial charge in [-0.2, -0.15) is 0 Å². The van der Waals surface area contributed by atoms with Crippen LogP contribution in [0.2, 0.25) is 0 Å². The van der Waals surface area contributed by atoms with Crippen LogP contribution in [0.25, 0.3) is 15.6 Å². The second kappa shape index (κ2) is 7.68. The Hall–Kier alpha value is -0.0236. The van der Waals surface area contributed by atoms with Crippen molar-refractivity contribution in [3.05, 3.63) is 27.6 Å². The molecular formula is C12H14KN3O2S. The molecule has 0 spiro atoms. The zero-order valence-electron chi connectivity index (χ0n) is 11.5. The van der Waals surface area contributed by atoms with Gasteiger partial charge in [-0.15, -0.1) is 17.0 Å². The van der Waals surface area contributed by atoms with Crippen molar-refractivity contribution in [3.63, 3.8) is 0 Å². The molecule has 0 saturated carbocycles. The number of aromatic nitrogens is 1. The van der Waals surface area contributed by atoms with Gasteiger partial charge in [0.2, 0.25) is 0 Å². The van der Waals surface area contributed by atoms with Crippen LogP contribution in [-0.2, 0) is 16.1 Å². The Kier molecular flexibility index (Phi) is 6.88. The minimum Gasteiger partial charge on any atom is -0.594 e. The number of fused-ring (bicyclic) bond motifs is 1. The molecule has 96 valence electrons. The van der Waals surface area contributed by atoms with Crippen LogP contribution < -0.4 is 56.8 Å². The molecule has 7 heteroatoms. The molecule has 0 aliphatic heterocycles. The van der Waals surface area contributed by atoms with E-state index in [2.05, 4.69) is 15.8 Å². The number of hydrogen-bond donors (Lipinski definition) is 1.